The SMILES string of the molecule is O=C(O)CN(CC(=O)NCCNC(=O)CN(CC(=O)O)C(=O)CNC(=O)CNI)C(=O)CNC(=O)CNI. The number of hydrogen-bond donors (Lipinski definition) is 8. The Kier molecular flexibility index (Phi) is 18.6. The highest BCUT2D eigenvalue weighted by atomic mass is 127. The Labute approximate surface area is 244 Å². The molecular weight excluding hydrogens is 742 g/mol. The van der Waals surface area contributed by atoms with Crippen LogP contribution in [0.1, 0.15) is 0 Å². The van der Waals surface area contributed by atoms with Gasteiger partial charge in [-0.05, 0) is 0 Å². The van der Waals surface area contributed by atoms with Crippen LogP contribution >= 0.6 is 45.7 Å². The number of hydrogen-bond acceptors (Lipinski definition) is 10. The van der Waals surface area contributed by atoms with Crippen molar-refractivity contribution < 1.29 is 48.6 Å². The van der Waals surface area contributed by atoms with Gasteiger partial charge in [-0.2, -0.15) is 0 Å². The van der Waals surface area contributed by atoms with Crippen LogP contribution in [-0.2, 0) is 38.4 Å². The smallest absolute Gasteiger partial charge is 0.323 e. The molecule has 0 spiro atoms. The van der Waals surface area contributed by atoms with Crippen LogP contribution in [0.15, 0.2) is 0 Å². The van der Waals surface area contributed by atoms with Crippen LogP contribution in [-0.4, -0.2) is 133 Å². The highest BCUT2D eigenvalue weighted by Crippen LogP contribution is 1.92. The second-order valence-corrected chi connectivity index (χ2v) is 8.69. The van der Waals surface area contributed by atoms with Gasteiger partial charge < -0.3 is 41.3 Å². The molecule has 8 N–H and O–H groups in total. The van der Waals surface area contributed by atoms with E-state index in [2.05, 4.69) is 28.3 Å². The number of carbonyl (C=O) groups excluding carboxylic acids is 6. The Morgan fingerprint density at radius 1 is 0.500 bits per heavy atom. The number of amides is 6. The third kappa shape index (κ3) is 17.6. The molecule has 0 radical (unpaired) electrons. The molecule has 0 heterocycles. The molecule has 0 aromatic heterocycles. The minimum absolute atomic E-state index is 0.0752. The van der Waals surface area contributed by atoms with Gasteiger partial charge in [0, 0.05) is 58.8 Å². The van der Waals surface area contributed by atoms with Crippen molar-refractivity contribution in [2.24, 2.45) is 0 Å². The topological polar surface area (TPSA) is 256 Å². The van der Waals surface area contributed by atoms with E-state index in [1.165, 1.54) is 0 Å². The van der Waals surface area contributed by atoms with Crippen LogP contribution in [0.3, 0.4) is 0 Å². The summed E-state index contributed by atoms with van der Waals surface area (Å²) in [7, 11) is 0. The Bertz CT molecular complexity index is 821. The molecule has 0 saturated heterocycles. The van der Waals surface area contributed by atoms with Crippen molar-refractivity contribution in [3.05, 3.63) is 0 Å². The lowest BCUT2D eigenvalue weighted by atomic mass is 10.4. The highest BCUT2D eigenvalue weighted by Gasteiger charge is 2.22. The number of halogens is 2. The average molecular weight is 770 g/mol. The maximum absolute atomic E-state index is 12.2. The predicted molar refractivity (Wildman–Crippen MR) is 145 cm³/mol. The van der Waals surface area contributed by atoms with Gasteiger partial charge >= 0.3 is 11.9 Å². The van der Waals surface area contributed by atoms with Gasteiger partial charge in [-0.3, -0.25) is 45.4 Å². The van der Waals surface area contributed by atoms with Crippen LogP contribution < -0.4 is 28.3 Å². The minimum Gasteiger partial charge on any atom is -0.480 e. The monoisotopic (exact) mass is 770 g/mol. The third-order valence-corrected chi connectivity index (χ3v) is 4.89. The standard InChI is InChI=1S/C18H28I2N8O10/c19-25-3-11(29)23-5-15(33)27(9-17(35)36)7-13(31)21-1-2-22-14(32)8-28(10-18(37)38)16(34)6-24-12(30)4-26-20/h25-26H,1-10H2,(H,21,31)(H,22,32)(H,23,29)(H,24,30)(H,35,36)(H,37,38). The van der Waals surface area contributed by atoms with Crippen molar-refractivity contribution in [1.29, 1.82) is 0 Å². The number of carboxylic acids is 2. The summed E-state index contributed by atoms with van der Waals surface area (Å²) >= 11 is 3.45. The van der Waals surface area contributed by atoms with Crippen LogP contribution in [0.5, 0.6) is 0 Å². The number of aliphatic carboxylic acids is 2. The van der Waals surface area contributed by atoms with E-state index in [0.29, 0.717) is 0 Å². The lowest BCUT2D eigenvalue weighted by Gasteiger charge is -2.21. The van der Waals surface area contributed by atoms with Gasteiger partial charge in [-0.15, -0.1) is 0 Å². The second-order valence-electron chi connectivity index (χ2n) is 7.16. The minimum atomic E-state index is -1.37. The van der Waals surface area contributed by atoms with Crippen molar-refractivity contribution in [1.82, 2.24) is 38.1 Å². The first-order valence-electron chi connectivity index (χ1n) is 10.6. The van der Waals surface area contributed by atoms with Gasteiger partial charge in [-0.1, -0.05) is 0 Å². The van der Waals surface area contributed by atoms with Crippen LogP contribution in [0, 0.1) is 0 Å². The fourth-order valence-electron chi connectivity index (χ4n) is 2.47. The van der Waals surface area contributed by atoms with Gasteiger partial charge in [0.15, 0.2) is 0 Å². The Hall–Kier alpha value is -2.86. The third-order valence-electron chi connectivity index (χ3n) is 4.12. The Balaban J connectivity index is 4.65. The van der Waals surface area contributed by atoms with E-state index in [9.17, 15) is 38.4 Å². The fourth-order valence-corrected chi connectivity index (χ4v) is 3.16. The van der Waals surface area contributed by atoms with E-state index in [4.69, 9.17) is 10.2 Å². The molecule has 0 fully saturated rings. The summed E-state index contributed by atoms with van der Waals surface area (Å²) in [4.78, 5) is 94.9. The molecule has 0 atom stereocenters. The highest BCUT2D eigenvalue weighted by molar-refractivity contribution is 14.1. The molecule has 0 aromatic carbocycles. The first kappa shape index (κ1) is 35.1. The molecule has 0 aliphatic carbocycles. The molecule has 6 amide bonds. The average Bonchev–Trinajstić information content (AvgIpc) is 2.82. The Morgan fingerprint density at radius 2 is 0.842 bits per heavy atom. The zero-order valence-electron chi connectivity index (χ0n) is 19.9. The molecule has 20 heteroatoms. The van der Waals surface area contributed by atoms with Crippen molar-refractivity contribution in [2.75, 3.05) is 65.4 Å². The molecule has 38 heavy (non-hydrogen) atoms. The summed E-state index contributed by atoms with van der Waals surface area (Å²) in [5, 5.41) is 27.2. The molecule has 0 unspecified atom stereocenters. The molecule has 0 aliphatic rings. The molecule has 214 valence electrons. The van der Waals surface area contributed by atoms with Gasteiger partial charge in [0.2, 0.25) is 35.4 Å². The molecule has 0 rings (SSSR count). The first-order valence-corrected chi connectivity index (χ1v) is 12.8. The van der Waals surface area contributed by atoms with Crippen molar-refractivity contribution in [3.63, 3.8) is 0 Å². The summed E-state index contributed by atoms with van der Waals surface area (Å²) in [6, 6.07) is 0. The maximum Gasteiger partial charge on any atom is 0.323 e. The number of nitrogens with zero attached hydrogens (tertiary/aromatic N) is 2. The van der Waals surface area contributed by atoms with Crippen LogP contribution in [0.4, 0.5) is 0 Å². The van der Waals surface area contributed by atoms with Gasteiger partial charge in [0.1, 0.15) is 26.2 Å². The van der Waals surface area contributed by atoms with Crippen LogP contribution in [0.2, 0.25) is 0 Å². The van der Waals surface area contributed by atoms with E-state index in [0.717, 1.165) is 9.80 Å². The lowest BCUT2D eigenvalue weighted by Crippen LogP contribution is -2.49. The van der Waals surface area contributed by atoms with Gasteiger partial charge in [0.05, 0.1) is 26.2 Å². The molecule has 18 nitrogen and oxygen atoms in total. The lowest BCUT2D eigenvalue weighted by molar-refractivity contribution is -0.146. The number of carbonyl (C=O) groups is 8. The summed E-state index contributed by atoms with van der Waals surface area (Å²) in [6.45, 7) is -4.28. The van der Waals surface area contributed by atoms with Crippen molar-refractivity contribution in [3.8, 4) is 0 Å². The van der Waals surface area contributed by atoms with E-state index in [1.54, 1.807) is 45.7 Å². The Morgan fingerprint density at radius 3 is 1.13 bits per heavy atom. The van der Waals surface area contributed by atoms with E-state index in [-0.39, 0.29) is 26.2 Å². The number of carboxylic acid groups (broad SMARTS) is 2. The maximum atomic E-state index is 12.2. The van der Waals surface area contributed by atoms with Crippen molar-refractivity contribution in [2.45, 2.75) is 0 Å². The van der Waals surface area contributed by atoms with Crippen LogP contribution in [0.25, 0.3) is 0 Å². The zero-order valence-corrected chi connectivity index (χ0v) is 24.2. The number of nitrogens with one attached hydrogen (secondary N) is 6. The van der Waals surface area contributed by atoms with Gasteiger partial charge in [0.25, 0.3) is 0 Å². The predicted octanol–water partition coefficient (Wildman–Crippen LogP) is -4.84. The molecule has 0 bridgehead atoms. The van der Waals surface area contributed by atoms with E-state index >= 15 is 0 Å². The summed E-state index contributed by atoms with van der Waals surface area (Å²) < 4.78 is 5.08. The van der Waals surface area contributed by atoms with E-state index in [1.807, 2.05) is 0 Å². The normalized spacial score (nSPS) is 10.1. The zero-order chi connectivity index (χ0) is 29.1. The molecule has 0 aromatic rings. The fraction of sp³-hybridized carbons (Fsp3) is 0.556. The molecule has 0 aliphatic heterocycles. The summed E-state index contributed by atoms with van der Waals surface area (Å²) in [5.41, 5.74) is 0. The first-order chi connectivity index (χ1) is 17.9. The summed E-state index contributed by atoms with van der Waals surface area (Å²) in [6.07, 6.45) is 0. The molecular formula is C18H28I2N8O10. The second kappa shape index (κ2) is 20.1. The largest absolute Gasteiger partial charge is 0.480 e. The van der Waals surface area contributed by atoms with Gasteiger partial charge in [-0.25, -0.2) is 0 Å². The van der Waals surface area contributed by atoms with Crippen molar-refractivity contribution >= 4 is 93.1 Å². The number of rotatable bonds is 19. The molecule has 0 saturated carbocycles. The summed E-state index contributed by atoms with van der Waals surface area (Å²) in [5.74, 6) is -6.86. The van der Waals surface area contributed by atoms with E-state index < -0.39 is 86.7 Å². The quantitative estimate of drug-likeness (QED) is 0.0350.